The second-order valence-electron chi connectivity index (χ2n) is 5.21. The summed E-state index contributed by atoms with van der Waals surface area (Å²) in [5.41, 5.74) is 7.88. The molecule has 3 N–H and O–H groups in total. The third-order valence-corrected chi connectivity index (χ3v) is 4.27. The van der Waals surface area contributed by atoms with Crippen LogP contribution in [0.3, 0.4) is 0 Å². The Bertz CT molecular complexity index is 487. The fraction of sp³-hybridized carbons (Fsp3) is 0.500. The second kappa shape index (κ2) is 6.56. The van der Waals surface area contributed by atoms with Crippen molar-refractivity contribution in [2.45, 2.75) is 12.5 Å². The highest BCUT2D eigenvalue weighted by Crippen LogP contribution is 2.30. The number of benzene rings is 1. The Morgan fingerprint density at radius 3 is 2.60 bits per heavy atom. The Morgan fingerprint density at radius 2 is 2.05 bits per heavy atom. The number of carboxylic acid groups (broad SMARTS) is 1. The van der Waals surface area contributed by atoms with Crippen LogP contribution in [0.15, 0.2) is 22.7 Å². The van der Waals surface area contributed by atoms with E-state index < -0.39 is 12.0 Å². The zero-order valence-corrected chi connectivity index (χ0v) is 13.1. The molecule has 1 heterocycles. The van der Waals surface area contributed by atoms with Gasteiger partial charge in [0.1, 0.15) is 0 Å². The molecule has 0 aromatic heterocycles. The minimum atomic E-state index is -0.878. The monoisotopic (exact) mass is 341 g/mol. The van der Waals surface area contributed by atoms with Crippen molar-refractivity contribution in [3.05, 3.63) is 28.2 Å². The molecule has 5 nitrogen and oxygen atoms in total. The molecule has 1 atom stereocenters. The summed E-state index contributed by atoms with van der Waals surface area (Å²) >= 11 is 3.57. The summed E-state index contributed by atoms with van der Waals surface area (Å²) in [5, 5.41) is 8.79. The van der Waals surface area contributed by atoms with E-state index in [9.17, 15) is 4.79 Å². The van der Waals surface area contributed by atoms with E-state index >= 15 is 0 Å². The van der Waals surface area contributed by atoms with E-state index in [-0.39, 0.29) is 6.42 Å². The number of rotatable bonds is 4. The lowest BCUT2D eigenvalue weighted by molar-refractivity contribution is -0.137. The van der Waals surface area contributed by atoms with Crippen LogP contribution in [0.5, 0.6) is 0 Å². The molecular weight excluding hydrogens is 322 g/mol. The van der Waals surface area contributed by atoms with Gasteiger partial charge in [-0.15, -0.1) is 0 Å². The summed E-state index contributed by atoms with van der Waals surface area (Å²) in [6, 6.07) is 5.41. The van der Waals surface area contributed by atoms with Gasteiger partial charge in [-0.25, -0.2) is 0 Å². The molecule has 1 unspecified atom stereocenters. The van der Waals surface area contributed by atoms with Gasteiger partial charge in [-0.05, 0) is 40.7 Å². The SMILES string of the molecule is CN1CCN(c2ccc(C(N)CC(=O)O)cc2Br)CC1. The second-order valence-corrected chi connectivity index (χ2v) is 6.06. The van der Waals surface area contributed by atoms with Gasteiger partial charge in [-0.2, -0.15) is 0 Å². The van der Waals surface area contributed by atoms with Gasteiger partial charge < -0.3 is 20.6 Å². The smallest absolute Gasteiger partial charge is 0.305 e. The van der Waals surface area contributed by atoms with Gasteiger partial charge in [0.05, 0.1) is 12.1 Å². The highest BCUT2D eigenvalue weighted by Gasteiger charge is 2.18. The summed E-state index contributed by atoms with van der Waals surface area (Å²) in [6.07, 6.45) is -0.0553. The molecule has 1 aliphatic heterocycles. The lowest BCUT2D eigenvalue weighted by atomic mass is 10.0. The highest BCUT2D eigenvalue weighted by atomic mass is 79.9. The van der Waals surface area contributed by atoms with E-state index in [0.717, 1.165) is 41.9 Å². The molecule has 0 spiro atoms. The number of aliphatic carboxylic acids is 1. The van der Waals surface area contributed by atoms with E-state index in [0.29, 0.717) is 0 Å². The summed E-state index contributed by atoms with van der Waals surface area (Å²) in [7, 11) is 2.13. The fourth-order valence-electron chi connectivity index (χ4n) is 2.36. The molecule has 20 heavy (non-hydrogen) atoms. The number of nitrogens with zero attached hydrogens (tertiary/aromatic N) is 2. The molecular formula is C14H20BrN3O2. The predicted molar refractivity (Wildman–Crippen MR) is 83.0 cm³/mol. The molecule has 0 aliphatic carbocycles. The quantitative estimate of drug-likeness (QED) is 0.871. The van der Waals surface area contributed by atoms with E-state index in [1.54, 1.807) is 0 Å². The number of piperazine rings is 1. The first-order valence-corrected chi connectivity index (χ1v) is 7.47. The zero-order valence-electron chi connectivity index (χ0n) is 11.6. The molecule has 1 aromatic carbocycles. The molecule has 110 valence electrons. The van der Waals surface area contributed by atoms with Crippen LogP contribution in [0.2, 0.25) is 0 Å². The summed E-state index contributed by atoms with van der Waals surface area (Å²) in [6.45, 7) is 4.09. The summed E-state index contributed by atoms with van der Waals surface area (Å²) in [4.78, 5) is 15.3. The zero-order chi connectivity index (χ0) is 14.7. The number of halogens is 1. The average Bonchev–Trinajstić information content (AvgIpc) is 2.39. The highest BCUT2D eigenvalue weighted by molar-refractivity contribution is 9.10. The summed E-state index contributed by atoms with van der Waals surface area (Å²) < 4.78 is 0.973. The van der Waals surface area contributed by atoms with E-state index in [4.69, 9.17) is 10.8 Å². The molecule has 1 aromatic rings. The maximum absolute atomic E-state index is 10.7. The molecule has 0 radical (unpaired) electrons. The van der Waals surface area contributed by atoms with Crippen molar-refractivity contribution in [3.8, 4) is 0 Å². The van der Waals surface area contributed by atoms with Gasteiger partial charge in [0.15, 0.2) is 0 Å². The Balaban J connectivity index is 2.11. The molecule has 1 saturated heterocycles. The van der Waals surface area contributed by atoms with Crippen molar-refractivity contribution in [3.63, 3.8) is 0 Å². The van der Waals surface area contributed by atoms with Crippen LogP contribution in [0, 0.1) is 0 Å². The number of hydrogen-bond donors (Lipinski definition) is 2. The topological polar surface area (TPSA) is 69.8 Å². The van der Waals surface area contributed by atoms with Gasteiger partial charge in [-0.1, -0.05) is 6.07 Å². The van der Waals surface area contributed by atoms with Crippen LogP contribution in [-0.4, -0.2) is 49.2 Å². The molecule has 2 rings (SSSR count). The number of likely N-dealkylation sites (N-methyl/N-ethyl adjacent to an activating group) is 1. The van der Waals surface area contributed by atoms with Crippen molar-refractivity contribution >= 4 is 27.6 Å². The van der Waals surface area contributed by atoms with Crippen LogP contribution in [0.25, 0.3) is 0 Å². The lowest BCUT2D eigenvalue weighted by Gasteiger charge is -2.34. The average molecular weight is 342 g/mol. The molecule has 1 fully saturated rings. The van der Waals surface area contributed by atoms with Crippen molar-refractivity contribution in [1.29, 1.82) is 0 Å². The van der Waals surface area contributed by atoms with E-state index in [2.05, 4.69) is 32.8 Å². The van der Waals surface area contributed by atoms with Crippen molar-refractivity contribution in [1.82, 2.24) is 4.90 Å². The van der Waals surface area contributed by atoms with Crippen molar-refractivity contribution in [2.75, 3.05) is 38.1 Å². The van der Waals surface area contributed by atoms with Crippen LogP contribution >= 0.6 is 15.9 Å². The first kappa shape index (κ1) is 15.3. The van der Waals surface area contributed by atoms with Gasteiger partial charge in [0.2, 0.25) is 0 Å². The standard InChI is InChI=1S/C14H20BrN3O2/c1-17-4-6-18(7-5-17)13-3-2-10(8-11(13)15)12(16)9-14(19)20/h2-3,8,12H,4-7,9,16H2,1H3,(H,19,20). The third-order valence-electron chi connectivity index (χ3n) is 3.64. The molecule has 0 saturated carbocycles. The number of carboxylic acids is 1. The van der Waals surface area contributed by atoms with Gasteiger partial charge in [0, 0.05) is 36.7 Å². The molecule has 1 aliphatic rings. The minimum absolute atomic E-state index is 0.0553. The Morgan fingerprint density at radius 1 is 1.40 bits per heavy atom. The van der Waals surface area contributed by atoms with Crippen LogP contribution in [0.1, 0.15) is 18.0 Å². The van der Waals surface area contributed by atoms with Crippen LogP contribution < -0.4 is 10.6 Å². The third kappa shape index (κ3) is 3.71. The normalized spacial score (nSPS) is 18.1. The molecule has 0 amide bonds. The van der Waals surface area contributed by atoms with Gasteiger partial charge >= 0.3 is 5.97 Å². The Labute approximate surface area is 127 Å². The fourth-order valence-corrected chi connectivity index (χ4v) is 3.01. The minimum Gasteiger partial charge on any atom is -0.481 e. The molecule has 6 heteroatoms. The largest absolute Gasteiger partial charge is 0.481 e. The number of nitrogens with two attached hydrogens (primary N) is 1. The van der Waals surface area contributed by atoms with E-state index in [1.165, 1.54) is 0 Å². The predicted octanol–water partition coefficient (Wildman–Crippen LogP) is 1.68. The maximum Gasteiger partial charge on any atom is 0.305 e. The maximum atomic E-state index is 10.7. The lowest BCUT2D eigenvalue weighted by Crippen LogP contribution is -2.44. The number of hydrogen-bond acceptors (Lipinski definition) is 4. The van der Waals surface area contributed by atoms with Crippen molar-refractivity contribution < 1.29 is 9.90 Å². The number of anilines is 1. The van der Waals surface area contributed by atoms with Gasteiger partial charge in [0.25, 0.3) is 0 Å². The Hall–Kier alpha value is -1.11. The first-order valence-electron chi connectivity index (χ1n) is 6.67. The summed E-state index contributed by atoms with van der Waals surface area (Å²) in [5.74, 6) is -0.878. The van der Waals surface area contributed by atoms with Crippen LogP contribution in [0.4, 0.5) is 5.69 Å². The van der Waals surface area contributed by atoms with Crippen molar-refractivity contribution in [2.24, 2.45) is 5.73 Å². The van der Waals surface area contributed by atoms with E-state index in [1.807, 2.05) is 18.2 Å². The molecule has 0 bridgehead atoms. The Kier molecular flexibility index (Phi) is 5.01. The van der Waals surface area contributed by atoms with Gasteiger partial charge in [-0.3, -0.25) is 4.79 Å². The number of carbonyl (C=O) groups is 1. The van der Waals surface area contributed by atoms with Crippen LogP contribution in [-0.2, 0) is 4.79 Å². The first-order chi connectivity index (χ1) is 9.47.